The molecule has 10 N–H and O–H groups in total. The van der Waals surface area contributed by atoms with E-state index in [4.69, 9.17) is 92.2 Å². The van der Waals surface area contributed by atoms with Crippen LogP contribution in [0.5, 0.6) is 0 Å². The monoisotopic (exact) mass is 856 g/mol. The van der Waals surface area contributed by atoms with Crippen LogP contribution < -0.4 is 0 Å². The summed E-state index contributed by atoms with van der Waals surface area (Å²) in [5.41, 5.74) is 0. The molecular formula is C32H74O19P2S. The van der Waals surface area contributed by atoms with Gasteiger partial charge in [0.2, 0.25) is 0 Å². The molecule has 0 aromatic rings. The summed E-state index contributed by atoms with van der Waals surface area (Å²) < 4.78 is 49.7. The first-order valence-corrected chi connectivity index (χ1v) is 19.7. The zero-order valence-electron chi connectivity index (χ0n) is 32.1. The van der Waals surface area contributed by atoms with Gasteiger partial charge in [0, 0.05) is 0 Å². The number of ether oxygens (including phenoxy) is 8. The molecule has 0 heterocycles. The van der Waals surface area contributed by atoms with Crippen LogP contribution in [0.1, 0.15) is 0 Å². The van der Waals surface area contributed by atoms with Crippen LogP contribution in [0.15, 0.2) is 78.9 Å². The van der Waals surface area contributed by atoms with Crippen molar-refractivity contribution in [3.05, 3.63) is 78.9 Å². The van der Waals surface area contributed by atoms with Crippen LogP contribution in [-0.4, -0.2) is 182 Å². The third-order valence-corrected chi connectivity index (χ3v) is 3.17. The molecule has 0 saturated carbocycles. The molecule has 22 heteroatoms. The Balaban J connectivity index is -0.0000000597. The van der Waals surface area contributed by atoms with Crippen molar-refractivity contribution >= 4 is 26.3 Å². The van der Waals surface area contributed by atoms with Crippen molar-refractivity contribution in [3.63, 3.8) is 0 Å². The van der Waals surface area contributed by atoms with Crippen molar-refractivity contribution in [1.29, 1.82) is 0 Å². The van der Waals surface area contributed by atoms with Crippen LogP contribution in [0, 0.1) is 0 Å². The number of hydrogen-bond acceptors (Lipinski definition) is 14. The van der Waals surface area contributed by atoms with Crippen molar-refractivity contribution in [2.45, 2.75) is 0 Å². The molecule has 0 rings (SSSR count). The summed E-state index contributed by atoms with van der Waals surface area (Å²) >= 11 is 3.60. The van der Waals surface area contributed by atoms with E-state index in [9.17, 15) is 0 Å². The Morgan fingerprint density at radius 2 is 0.389 bits per heavy atom. The second-order valence-corrected chi connectivity index (χ2v) is 10.3. The molecule has 0 amide bonds. The number of rotatable bonds is 26. The first kappa shape index (κ1) is 77.2. The van der Waals surface area contributed by atoms with Gasteiger partial charge in [0.1, 0.15) is 0 Å². The molecule has 0 fully saturated rings. The fourth-order valence-corrected chi connectivity index (χ4v) is 1.78. The van der Waals surface area contributed by atoms with Crippen LogP contribution in [0.3, 0.4) is 0 Å². The summed E-state index contributed by atoms with van der Waals surface area (Å²) in [6.07, 6.45) is 0. The van der Waals surface area contributed by atoms with Gasteiger partial charge in [-0.05, 0) is 11.8 Å². The lowest BCUT2D eigenvalue weighted by Crippen LogP contribution is -2.14. The van der Waals surface area contributed by atoms with E-state index in [0.29, 0.717) is 106 Å². The number of phosphoric acid groups is 1. The van der Waals surface area contributed by atoms with Crippen LogP contribution in [0.25, 0.3) is 0 Å². The van der Waals surface area contributed by atoms with Crippen molar-refractivity contribution < 1.29 is 92.2 Å². The molecule has 0 saturated heterocycles. The summed E-state index contributed by atoms with van der Waals surface area (Å²) in [5, 5.41) is 33.6. The highest BCUT2D eigenvalue weighted by Crippen LogP contribution is 2.26. The van der Waals surface area contributed by atoms with Crippen molar-refractivity contribution in [2.75, 3.05) is 132 Å². The second-order valence-electron chi connectivity index (χ2n) is 6.82. The normalized spacial score (nSPS) is 9.07. The summed E-state index contributed by atoms with van der Waals surface area (Å²) in [7, 11) is -4.64. The maximum Gasteiger partial charge on any atom is 0.466 e. The molecule has 0 bridgehead atoms. The first-order valence-electron chi connectivity index (χ1n) is 15.4. The molecular weight excluding hydrogens is 782 g/mol. The zero-order valence-corrected chi connectivity index (χ0v) is 34.7. The second kappa shape index (κ2) is 88.7. The van der Waals surface area contributed by atoms with E-state index in [2.05, 4.69) is 90.8 Å². The van der Waals surface area contributed by atoms with Gasteiger partial charge in [0.05, 0.1) is 132 Å². The minimum absolute atomic E-state index is 0.0359. The van der Waals surface area contributed by atoms with E-state index in [1.807, 2.05) is 0 Å². The minimum atomic E-state index is -4.64. The van der Waals surface area contributed by atoms with Crippen LogP contribution in [0.2, 0.25) is 0 Å². The molecule has 0 aliphatic rings. The molecule has 0 aromatic carbocycles. The van der Waals surface area contributed by atoms with Gasteiger partial charge in [-0.2, -0.15) is 0 Å². The molecule has 19 nitrogen and oxygen atoms in total. The van der Waals surface area contributed by atoms with Crippen LogP contribution in [-0.2, 0) is 54.3 Å². The lowest BCUT2D eigenvalue weighted by Gasteiger charge is -2.07. The third-order valence-electron chi connectivity index (χ3n) is 3.17. The highest BCUT2D eigenvalue weighted by atomic mass is 32.5. The molecule has 0 atom stereocenters. The van der Waals surface area contributed by atoms with Gasteiger partial charge in [0.25, 0.3) is 0 Å². The van der Waals surface area contributed by atoms with Gasteiger partial charge in [-0.15, -0.1) is 78.9 Å². The van der Waals surface area contributed by atoms with Crippen LogP contribution >= 0.6 is 14.5 Å². The Morgan fingerprint density at radius 3 is 0.463 bits per heavy atom. The smallest absolute Gasteiger partial charge is 0.394 e. The molecule has 54 heavy (non-hydrogen) atoms. The maximum atomic E-state index is 8.88. The van der Waals surface area contributed by atoms with Crippen molar-refractivity contribution in [3.8, 4) is 0 Å². The van der Waals surface area contributed by atoms with Gasteiger partial charge >= 0.3 is 14.5 Å². The Morgan fingerprint density at radius 1 is 0.315 bits per heavy atom. The minimum Gasteiger partial charge on any atom is -0.394 e. The predicted molar refractivity (Wildman–Crippen MR) is 218 cm³/mol. The van der Waals surface area contributed by atoms with Crippen molar-refractivity contribution in [2.24, 2.45) is 0 Å². The fraction of sp³-hybridized carbons (Fsp3) is 0.625. The molecule has 0 unspecified atom stereocenters. The largest absolute Gasteiger partial charge is 0.466 e. The highest BCUT2D eigenvalue weighted by molar-refractivity contribution is 8.06. The molecule has 0 spiro atoms. The van der Waals surface area contributed by atoms with E-state index in [1.165, 1.54) is 0 Å². The van der Waals surface area contributed by atoms with Gasteiger partial charge < -0.3 is 87.7 Å². The maximum absolute atomic E-state index is 8.88. The topological polar surface area (TPSA) is 293 Å². The van der Waals surface area contributed by atoms with Crippen LogP contribution in [0.4, 0.5) is 0 Å². The van der Waals surface area contributed by atoms with Gasteiger partial charge in [0.15, 0.2) is 0 Å². The lowest BCUT2D eigenvalue weighted by molar-refractivity contribution is -0.0151. The molecule has 0 radical (unpaired) electrons. The SMILES string of the molecule is C=C.C=C.C=C.C=C.C=C.C=C.O=P(O)(O)O.OCCOCCOCCOCCO.OCCOCCOCCOCCOCCOCCO.OP(O)(O)=S. The zero-order chi connectivity index (χ0) is 44.8. The number of aliphatic hydroxyl groups excluding tert-OH is 4. The quantitative estimate of drug-likeness (QED) is 0.0332. The van der Waals surface area contributed by atoms with Gasteiger partial charge in [-0.1, -0.05) is 0 Å². The van der Waals surface area contributed by atoms with Gasteiger partial charge in [-0.25, -0.2) is 4.57 Å². The first-order chi connectivity index (χ1) is 25.8. The summed E-state index contributed by atoms with van der Waals surface area (Å²) in [6, 6.07) is 0. The number of aliphatic hydroxyl groups is 4. The third kappa shape index (κ3) is 206. The molecule has 332 valence electrons. The molecule has 0 aliphatic carbocycles. The lowest BCUT2D eigenvalue weighted by atomic mass is 10.7. The predicted octanol–water partition coefficient (Wildman–Crippen LogP) is 1.15. The highest BCUT2D eigenvalue weighted by Gasteiger charge is 2.00. The Kier molecular flexibility index (Phi) is 127. The molecule has 0 aliphatic heterocycles. The van der Waals surface area contributed by atoms with E-state index in [1.54, 1.807) is 0 Å². The van der Waals surface area contributed by atoms with Gasteiger partial charge in [-0.3, -0.25) is 0 Å². The summed E-state index contributed by atoms with van der Waals surface area (Å²) in [6.45, 7) is 39.8. The summed E-state index contributed by atoms with van der Waals surface area (Å²) in [4.78, 5) is 44.2. The van der Waals surface area contributed by atoms with E-state index in [0.717, 1.165) is 0 Å². The average Bonchev–Trinajstić information content (AvgIpc) is 3.16. The Bertz CT molecular complexity index is 588. The standard InChI is InChI=1S/C12H26O7.C8H18O5.6C2H4.H3O4P.H3O3PS/c13-1-3-15-5-7-17-9-11-19-12-10-18-8-6-16-4-2-14;9-1-3-11-5-7-13-8-6-12-4-2-10;6*1-2;1-5(2,3)4;1-4(2,3)5/h13-14H,1-12H2;9-10H,1-8H2;6*1-2H2;(H3,1,2,3,4);(H3,1,2,3,5). The van der Waals surface area contributed by atoms with E-state index < -0.39 is 14.5 Å². The van der Waals surface area contributed by atoms with Crippen molar-refractivity contribution in [1.82, 2.24) is 0 Å². The van der Waals surface area contributed by atoms with E-state index >= 15 is 0 Å². The Labute approximate surface area is 329 Å². The number of hydrogen-bond donors (Lipinski definition) is 10. The molecule has 0 aromatic heterocycles. The van der Waals surface area contributed by atoms with E-state index in [-0.39, 0.29) is 26.4 Å². The summed E-state index contributed by atoms with van der Waals surface area (Å²) in [5.74, 6) is 0. The average molecular weight is 857 g/mol. The Hall–Kier alpha value is -1.40. The fourth-order valence-electron chi connectivity index (χ4n) is 1.78.